The molecule has 2 unspecified atom stereocenters. The van der Waals surface area contributed by atoms with Crippen LogP contribution in [0.5, 0.6) is 0 Å². The molecule has 1 aromatic rings. The lowest BCUT2D eigenvalue weighted by atomic mass is 9.81. The highest BCUT2D eigenvalue weighted by Crippen LogP contribution is 2.40. The average molecular weight is 230 g/mol. The molecule has 0 aliphatic heterocycles. The molecule has 1 aromatic heterocycles. The minimum Gasteiger partial charge on any atom is -0.387 e. The van der Waals surface area contributed by atoms with Crippen molar-refractivity contribution in [2.75, 3.05) is 0 Å². The Balaban J connectivity index is 3.02. The summed E-state index contributed by atoms with van der Waals surface area (Å²) in [4.78, 5) is 0. The molecular formula is C10H12ClNOS. The Morgan fingerprint density at radius 2 is 2.43 bits per heavy atom. The second-order valence-corrected chi connectivity index (χ2v) is 4.95. The maximum Gasteiger partial charge on any atom is 0.0996 e. The highest BCUT2D eigenvalue weighted by Gasteiger charge is 2.33. The third-order valence-corrected chi connectivity index (χ3v) is 3.73. The van der Waals surface area contributed by atoms with E-state index >= 15 is 0 Å². The van der Waals surface area contributed by atoms with Crippen molar-refractivity contribution in [3.8, 4) is 6.07 Å². The molecule has 0 spiro atoms. The summed E-state index contributed by atoms with van der Waals surface area (Å²) >= 11 is 7.27. The van der Waals surface area contributed by atoms with E-state index in [1.54, 1.807) is 13.0 Å². The van der Waals surface area contributed by atoms with Crippen LogP contribution in [-0.2, 0) is 0 Å². The zero-order valence-electron chi connectivity index (χ0n) is 8.12. The van der Waals surface area contributed by atoms with E-state index in [1.165, 1.54) is 11.3 Å². The number of aliphatic hydroxyl groups excluding tert-OH is 1. The normalized spacial score (nSPS) is 17.1. The highest BCUT2D eigenvalue weighted by atomic mass is 35.5. The number of aliphatic hydroxyl groups is 1. The molecule has 2 nitrogen and oxygen atoms in total. The van der Waals surface area contributed by atoms with Crippen LogP contribution in [-0.4, -0.2) is 5.11 Å². The summed E-state index contributed by atoms with van der Waals surface area (Å²) < 4.78 is 0.562. The van der Waals surface area contributed by atoms with Crippen LogP contribution in [0.1, 0.15) is 31.9 Å². The minimum atomic E-state index is -0.809. The lowest BCUT2D eigenvalue weighted by Gasteiger charge is -2.25. The van der Waals surface area contributed by atoms with Crippen LogP contribution in [0.4, 0.5) is 0 Å². The van der Waals surface area contributed by atoms with Crippen molar-refractivity contribution in [2.24, 2.45) is 5.41 Å². The second-order valence-electron chi connectivity index (χ2n) is 3.44. The minimum absolute atomic E-state index is 0.562. The van der Waals surface area contributed by atoms with E-state index in [0.29, 0.717) is 16.3 Å². The van der Waals surface area contributed by atoms with Crippen LogP contribution in [0, 0.1) is 16.7 Å². The number of nitrogens with zero attached hydrogens (tertiary/aromatic N) is 1. The lowest BCUT2D eigenvalue weighted by Crippen LogP contribution is -2.22. The molecule has 0 amide bonds. The van der Waals surface area contributed by atoms with Crippen molar-refractivity contribution < 1.29 is 5.11 Å². The fourth-order valence-corrected chi connectivity index (χ4v) is 2.15. The van der Waals surface area contributed by atoms with Crippen molar-refractivity contribution in [1.29, 1.82) is 5.26 Å². The first kappa shape index (κ1) is 11.5. The SMILES string of the molecule is CCC(C)(C#N)C(O)c1ccsc1Cl. The summed E-state index contributed by atoms with van der Waals surface area (Å²) in [6.45, 7) is 3.62. The molecule has 0 aliphatic rings. The predicted octanol–water partition coefficient (Wildman–Crippen LogP) is 3.37. The first-order chi connectivity index (χ1) is 6.55. The maximum atomic E-state index is 10.0. The zero-order valence-corrected chi connectivity index (χ0v) is 9.69. The van der Waals surface area contributed by atoms with Gasteiger partial charge >= 0.3 is 0 Å². The fraction of sp³-hybridized carbons (Fsp3) is 0.500. The molecule has 0 saturated heterocycles. The Bertz CT molecular complexity index is 357. The molecule has 1 heterocycles. The van der Waals surface area contributed by atoms with Crippen molar-refractivity contribution in [3.05, 3.63) is 21.3 Å². The smallest absolute Gasteiger partial charge is 0.0996 e. The standard InChI is InChI=1S/C10H12ClNOS/c1-3-10(2,6-12)8(13)7-4-5-14-9(7)11/h4-5,8,13H,3H2,1-2H3. The van der Waals surface area contributed by atoms with E-state index in [1.807, 2.05) is 12.3 Å². The summed E-state index contributed by atoms with van der Waals surface area (Å²) in [5.41, 5.74) is -0.104. The molecule has 2 atom stereocenters. The summed E-state index contributed by atoms with van der Waals surface area (Å²) in [7, 11) is 0. The number of hydrogen-bond acceptors (Lipinski definition) is 3. The lowest BCUT2D eigenvalue weighted by molar-refractivity contribution is 0.0727. The van der Waals surface area contributed by atoms with E-state index in [4.69, 9.17) is 16.9 Å². The fourth-order valence-electron chi connectivity index (χ4n) is 1.18. The van der Waals surface area contributed by atoms with Crippen LogP contribution < -0.4 is 0 Å². The van der Waals surface area contributed by atoms with Crippen LogP contribution in [0.2, 0.25) is 4.34 Å². The largest absolute Gasteiger partial charge is 0.387 e. The second kappa shape index (κ2) is 4.31. The number of thiophene rings is 1. The molecular weight excluding hydrogens is 218 g/mol. The molecule has 76 valence electrons. The molecule has 14 heavy (non-hydrogen) atoms. The Labute approximate surface area is 92.8 Å². The van der Waals surface area contributed by atoms with E-state index in [9.17, 15) is 5.11 Å². The number of rotatable bonds is 3. The van der Waals surface area contributed by atoms with Gasteiger partial charge in [0.2, 0.25) is 0 Å². The third-order valence-electron chi connectivity index (χ3n) is 2.53. The monoisotopic (exact) mass is 229 g/mol. The van der Waals surface area contributed by atoms with Gasteiger partial charge in [-0.2, -0.15) is 5.26 Å². The quantitative estimate of drug-likeness (QED) is 0.864. The van der Waals surface area contributed by atoms with E-state index in [0.717, 1.165) is 0 Å². The Hall–Kier alpha value is -0.560. The molecule has 0 saturated carbocycles. The average Bonchev–Trinajstić information content (AvgIpc) is 2.62. The van der Waals surface area contributed by atoms with Crippen LogP contribution in [0.3, 0.4) is 0 Å². The van der Waals surface area contributed by atoms with Gasteiger partial charge in [-0.05, 0) is 24.8 Å². The van der Waals surface area contributed by atoms with Gasteiger partial charge in [0.1, 0.15) is 0 Å². The summed E-state index contributed by atoms with van der Waals surface area (Å²) in [6, 6.07) is 3.91. The summed E-state index contributed by atoms with van der Waals surface area (Å²) in [5.74, 6) is 0. The van der Waals surface area contributed by atoms with Gasteiger partial charge < -0.3 is 5.11 Å². The van der Waals surface area contributed by atoms with Crippen LogP contribution in [0.25, 0.3) is 0 Å². The van der Waals surface area contributed by atoms with Gasteiger partial charge in [-0.25, -0.2) is 0 Å². The molecule has 0 aromatic carbocycles. The van der Waals surface area contributed by atoms with Gasteiger partial charge in [0.05, 0.1) is 21.9 Å². The van der Waals surface area contributed by atoms with Gasteiger partial charge in [-0.3, -0.25) is 0 Å². The third kappa shape index (κ3) is 1.93. The van der Waals surface area contributed by atoms with E-state index < -0.39 is 11.5 Å². The summed E-state index contributed by atoms with van der Waals surface area (Å²) in [5, 5.41) is 20.8. The molecule has 0 radical (unpaired) electrons. The number of hydrogen-bond donors (Lipinski definition) is 1. The first-order valence-corrected chi connectivity index (χ1v) is 5.63. The van der Waals surface area contributed by atoms with Crippen molar-refractivity contribution in [1.82, 2.24) is 0 Å². The van der Waals surface area contributed by atoms with Gasteiger partial charge in [-0.1, -0.05) is 18.5 Å². The molecule has 0 aliphatic carbocycles. The topological polar surface area (TPSA) is 44.0 Å². The van der Waals surface area contributed by atoms with Crippen molar-refractivity contribution in [2.45, 2.75) is 26.4 Å². The van der Waals surface area contributed by atoms with Gasteiger partial charge in [0.15, 0.2) is 0 Å². The Morgan fingerprint density at radius 3 is 2.79 bits per heavy atom. The molecule has 4 heteroatoms. The Morgan fingerprint density at radius 1 is 1.79 bits per heavy atom. The zero-order chi connectivity index (χ0) is 10.8. The summed E-state index contributed by atoms with van der Waals surface area (Å²) in [6.07, 6.45) is -0.215. The Kier molecular flexibility index (Phi) is 3.54. The number of halogens is 1. The van der Waals surface area contributed by atoms with Gasteiger partial charge in [0, 0.05) is 5.56 Å². The van der Waals surface area contributed by atoms with Crippen molar-refractivity contribution >= 4 is 22.9 Å². The highest BCUT2D eigenvalue weighted by molar-refractivity contribution is 7.14. The van der Waals surface area contributed by atoms with Crippen LogP contribution >= 0.6 is 22.9 Å². The molecule has 1 rings (SSSR count). The van der Waals surface area contributed by atoms with Gasteiger partial charge in [-0.15, -0.1) is 11.3 Å². The predicted molar refractivity (Wildman–Crippen MR) is 58.3 cm³/mol. The maximum absolute atomic E-state index is 10.0. The number of nitriles is 1. The van der Waals surface area contributed by atoms with E-state index in [-0.39, 0.29) is 0 Å². The molecule has 1 N–H and O–H groups in total. The van der Waals surface area contributed by atoms with E-state index in [2.05, 4.69) is 6.07 Å². The van der Waals surface area contributed by atoms with Crippen molar-refractivity contribution in [3.63, 3.8) is 0 Å². The molecule has 0 bridgehead atoms. The van der Waals surface area contributed by atoms with Gasteiger partial charge in [0.25, 0.3) is 0 Å². The van der Waals surface area contributed by atoms with Crippen LogP contribution in [0.15, 0.2) is 11.4 Å². The molecule has 0 fully saturated rings. The first-order valence-electron chi connectivity index (χ1n) is 4.37.